The highest BCUT2D eigenvalue weighted by Crippen LogP contribution is 2.50. The summed E-state index contributed by atoms with van der Waals surface area (Å²) in [6.07, 6.45) is -12.6. The Labute approximate surface area is 604 Å². The zero-order valence-corrected chi connectivity index (χ0v) is 61.6. The van der Waals surface area contributed by atoms with Crippen molar-refractivity contribution in [1.29, 1.82) is 0 Å². The van der Waals surface area contributed by atoms with Crippen LogP contribution in [0, 0.1) is 17.8 Å². The molecule has 0 bridgehead atoms. The van der Waals surface area contributed by atoms with Gasteiger partial charge in [-0.3, -0.25) is 46.9 Å². The topological polar surface area (TPSA) is 491 Å². The molecule has 6 aliphatic heterocycles. The maximum absolute atomic E-state index is 14.0. The summed E-state index contributed by atoms with van der Waals surface area (Å²) in [5, 5.41) is 100. The number of rotatable bonds is 45. The van der Waals surface area contributed by atoms with Gasteiger partial charge in [0.2, 0.25) is 17.7 Å². The summed E-state index contributed by atoms with van der Waals surface area (Å²) >= 11 is 0. The molecule has 6 aliphatic rings. The minimum atomic E-state index is -5.00. The Hall–Kier alpha value is -3.04. The Balaban J connectivity index is 0.00000742. The third-order valence-electron chi connectivity index (χ3n) is 19.4. The molecule has 6 rings (SSSR count). The Morgan fingerprint density at radius 3 is 1.01 bits per heavy atom. The maximum atomic E-state index is 14.0. The number of Topliss-reactive ketones (excluding diaryl/α,β-unsaturated/α-hetero) is 3. The molecule has 6 heterocycles. The number of phosphoric acid groups is 2. The fourth-order valence-corrected chi connectivity index (χ4v) is 15.3. The molecule has 9 unspecified atom stereocenters. The molecule has 600 valence electrons. The van der Waals surface area contributed by atoms with Gasteiger partial charge in [0.05, 0.1) is 114 Å². The van der Waals surface area contributed by atoms with Crippen molar-refractivity contribution in [3.05, 3.63) is 0 Å². The number of ether oxygens (including phenoxy) is 7. The number of ketones is 3. The monoisotopic (exact) mass is 1530 g/mol. The van der Waals surface area contributed by atoms with E-state index in [-0.39, 0.29) is 173 Å². The van der Waals surface area contributed by atoms with E-state index in [1.807, 2.05) is 13.8 Å². The van der Waals surface area contributed by atoms with Gasteiger partial charge in [-0.05, 0) is 77.0 Å². The van der Waals surface area contributed by atoms with E-state index in [0.717, 1.165) is 0 Å². The number of β-amino-alcohol motifs (C(OH)–C–C–N with tert-alkyl or cyclic N) is 1. The van der Waals surface area contributed by atoms with E-state index in [2.05, 4.69) is 0 Å². The smallest absolute Gasteiger partial charge is 0.394 e. The summed E-state index contributed by atoms with van der Waals surface area (Å²) in [4.78, 5) is 106. The molecule has 0 aromatic rings. The van der Waals surface area contributed by atoms with Crippen molar-refractivity contribution < 1.29 is 150 Å². The van der Waals surface area contributed by atoms with Crippen LogP contribution in [-0.2, 0) is 89.2 Å². The van der Waals surface area contributed by atoms with E-state index in [4.69, 9.17) is 51.3 Å². The lowest BCUT2D eigenvalue weighted by Gasteiger charge is -2.40. The second-order valence-corrected chi connectivity index (χ2v) is 30.1. The second-order valence-electron chi connectivity index (χ2n) is 27.3. The van der Waals surface area contributed by atoms with Gasteiger partial charge >= 0.3 is 15.6 Å². The van der Waals surface area contributed by atoms with Gasteiger partial charge in [-0.1, -0.05) is 42.0 Å². The van der Waals surface area contributed by atoms with E-state index in [9.17, 15) is 98.7 Å². The van der Waals surface area contributed by atoms with Crippen LogP contribution in [0.25, 0.3) is 0 Å². The number of amides is 3. The number of unbranched alkanes of at least 4 members (excludes halogenated alkanes) is 3. The van der Waals surface area contributed by atoms with Crippen molar-refractivity contribution in [1.82, 2.24) is 14.7 Å². The lowest BCUT2D eigenvalue weighted by molar-refractivity contribution is -0.282. The highest BCUT2D eigenvalue weighted by atomic mass is 31.2. The quantitative estimate of drug-likeness (QED) is 0.0303. The molecule has 103 heavy (non-hydrogen) atoms. The number of carbonyl (C=O) groups is 6. The first kappa shape index (κ1) is 92.3. The summed E-state index contributed by atoms with van der Waals surface area (Å²) in [5.74, 6) is -3.24. The normalized spacial score (nSPS) is 32.8. The van der Waals surface area contributed by atoms with Gasteiger partial charge in [0, 0.05) is 102 Å². The zero-order chi connectivity index (χ0) is 75.4. The van der Waals surface area contributed by atoms with Gasteiger partial charge in [0.15, 0.2) is 18.9 Å². The number of hydrogen-bond acceptors (Lipinski definition) is 29. The van der Waals surface area contributed by atoms with Crippen molar-refractivity contribution >= 4 is 50.7 Å². The Morgan fingerprint density at radius 1 is 0.417 bits per heavy atom. The van der Waals surface area contributed by atoms with Crippen molar-refractivity contribution in [3.8, 4) is 0 Å². The first-order valence-corrected chi connectivity index (χ1v) is 39.1. The van der Waals surface area contributed by atoms with Crippen LogP contribution in [0.5, 0.6) is 0 Å². The van der Waals surface area contributed by atoms with Gasteiger partial charge < -0.3 is 109 Å². The van der Waals surface area contributed by atoms with Crippen LogP contribution < -0.4 is 0 Å². The first-order valence-electron chi connectivity index (χ1n) is 36.1. The standard InChI is InChI=1S/C64H111N3O31P2.C2H6.CH4/c1-38-56(78)59(81)50(32-68)94-62(38)89-23-11-17-44(71)14-5-8-20-53(75)65-29-47(74)26-41(65)36-92-99(84,85)98-49-28-43(67(31-49)55(77)22-10-7-16-46(73)19-13-25-91-64-40(3)58(80)61(83)52(34-70)96-64)37-93-100(86,87)97-48-27-42(35-88-4)66(30-48)54(76)21-9-6-15-45(72)18-12-24-90-63-39(2)57(79)60(82)51(33-69)95-63;1-2;/h38-43,47-52,56-64,68-70,74,78-83H,5-37H2,1-4H3,(H,84,85)(H,86,87);1-2H3;1H4/t38?,39?,40?,41-,42-,43-,47+,48?,49+,50?,51?,52?,56+,57+,58+,59-,60-,61-,62+,63+,64+;;/m0../s1. The molecular weight excluding hydrogens is 1400 g/mol. The summed E-state index contributed by atoms with van der Waals surface area (Å²) in [6, 6.07) is -2.43. The van der Waals surface area contributed by atoms with Gasteiger partial charge in [-0.25, -0.2) is 9.13 Å². The molecule has 0 radical (unpaired) electrons. The predicted molar refractivity (Wildman–Crippen MR) is 364 cm³/mol. The summed E-state index contributed by atoms with van der Waals surface area (Å²) in [7, 11) is -8.54. The molecule has 34 nitrogen and oxygen atoms in total. The van der Waals surface area contributed by atoms with Crippen LogP contribution in [0.1, 0.15) is 177 Å². The van der Waals surface area contributed by atoms with Crippen molar-refractivity contribution in [2.75, 3.05) is 86.2 Å². The number of likely N-dealkylation sites (tertiary alicyclic amines) is 3. The van der Waals surface area contributed by atoms with E-state index in [0.29, 0.717) is 44.9 Å². The first-order chi connectivity index (χ1) is 48.5. The molecular formula is C67H121N3O31P2. The van der Waals surface area contributed by atoms with Crippen LogP contribution in [-0.4, -0.2) is 307 Å². The van der Waals surface area contributed by atoms with E-state index < -0.39 is 183 Å². The van der Waals surface area contributed by atoms with Gasteiger partial charge in [-0.2, -0.15) is 0 Å². The molecule has 0 aromatic heterocycles. The minimum absolute atomic E-state index is 0. The van der Waals surface area contributed by atoms with Gasteiger partial charge in [0.1, 0.15) is 54.0 Å². The van der Waals surface area contributed by atoms with Crippen molar-refractivity contribution in [2.24, 2.45) is 17.8 Å². The summed E-state index contributed by atoms with van der Waals surface area (Å²) < 4.78 is 88.7. The average Bonchev–Trinajstić information content (AvgIpc) is 1.77. The lowest BCUT2D eigenvalue weighted by atomic mass is 9.92. The third kappa shape index (κ3) is 29.4. The molecule has 36 heteroatoms. The number of hydrogen-bond donors (Lipinski definition) is 12. The number of aliphatic hydroxyl groups excluding tert-OH is 10. The summed E-state index contributed by atoms with van der Waals surface area (Å²) in [6.45, 7) is 6.06. The van der Waals surface area contributed by atoms with Gasteiger partial charge in [-0.15, -0.1) is 0 Å². The van der Waals surface area contributed by atoms with Crippen molar-refractivity contribution in [2.45, 2.75) is 287 Å². The minimum Gasteiger partial charge on any atom is -0.394 e. The number of phosphoric ester groups is 2. The third-order valence-corrected chi connectivity index (χ3v) is 21.5. The number of carbonyl (C=O) groups excluding carboxylic acids is 6. The van der Waals surface area contributed by atoms with Gasteiger partial charge in [0.25, 0.3) is 0 Å². The van der Waals surface area contributed by atoms with Crippen LogP contribution >= 0.6 is 15.6 Å². The molecule has 6 saturated heterocycles. The molecule has 3 amide bonds. The zero-order valence-electron chi connectivity index (χ0n) is 59.8. The van der Waals surface area contributed by atoms with Crippen LogP contribution in [0.2, 0.25) is 0 Å². The lowest BCUT2D eigenvalue weighted by Crippen LogP contribution is -2.55. The fourth-order valence-electron chi connectivity index (χ4n) is 13.4. The summed E-state index contributed by atoms with van der Waals surface area (Å²) in [5.41, 5.74) is 0. The number of methoxy groups -OCH3 is 1. The number of nitrogens with zero attached hydrogens (tertiary/aromatic N) is 3. The van der Waals surface area contributed by atoms with Crippen LogP contribution in [0.15, 0.2) is 0 Å². The molecule has 0 aromatic carbocycles. The molecule has 0 spiro atoms. The largest absolute Gasteiger partial charge is 0.472 e. The fraction of sp³-hybridized carbons (Fsp3) is 0.910. The van der Waals surface area contributed by atoms with E-state index >= 15 is 0 Å². The maximum Gasteiger partial charge on any atom is 0.472 e. The highest BCUT2D eigenvalue weighted by molar-refractivity contribution is 7.47. The molecule has 6 fully saturated rings. The molecule has 23 atom stereocenters. The molecule has 0 aliphatic carbocycles. The van der Waals surface area contributed by atoms with E-state index in [1.165, 1.54) is 21.8 Å². The SMILES string of the molecule is C.CC.COC[C@@H]1CC(OP(=O)(O)OC[C@@H]2C[C@@H](OP(=O)(O)OC[C@@H]3C[C@@H](O)CN3C(=O)CCCCC(=O)CCCO[C@@H]3OC(CO)[C@H](O)[C@H](O)C3C)CN2C(=O)CCCCC(=O)CCCO[C@@H]2OC(CO)[C@H](O)[C@H](O)C2C)CN1C(=O)CCCCC(=O)CCCO[C@@H]1OC(CO)[C@H](O)[C@H](O)C1C. The number of aliphatic hydroxyl groups is 10. The Morgan fingerprint density at radius 2 is 0.699 bits per heavy atom. The second kappa shape index (κ2) is 46.5. The van der Waals surface area contributed by atoms with Crippen molar-refractivity contribution in [3.63, 3.8) is 0 Å². The molecule has 0 saturated carbocycles. The highest BCUT2D eigenvalue weighted by Gasteiger charge is 2.47. The van der Waals surface area contributed by atoms with Crippen LogP contribution in [0.3, 0.4) is 0 Å². The van der Waals surface area contributed by atoms with Crippen LogP contribution in [0.4, 0.5) is 0 Å². The Bertz CT molecular complexity index is 2630. The Kier molecular flexibility index (Phi) is 41.7. The van der Waals surface area contributed by atoms with E-state index in [1.54, 1.807) is 20.8 Å². The average molecular weight is 1530 g/mol. The molecule has 12 N–H and O–H groups in total. The predicted octanol–water partition coefficient (Wildman–Crippen LogP) is 1.47.